The molecule has 3 atom stereocenters. The van der Waals surface area contributed by atoms with E-state index in [1.807, 2.05) is 0 Å². The molecule has 0 amide bonds. The van der Waals surface area contributed by atoms with E-state index in [1.165, 1.54) is 70.6 Å². The first-order valence-electron chi connectivity index (χ1n) is 11.2. The molecule has 0 saturated heterocycles. The molecule has 0 heteroatoms. The van der Waals surface area contributed by atoms with Crippen LogP contribution in [0.25, 0.3) is 0 Å². The molecule has 24 heavy (non-hydrogen) atoms. The van der Waals surface area contributed by atoms with Crippen molar-refractivity contribution in [2.24, 2.45) is 29.1 Å². The molecule has 146 valence electrons. The van der Waals surface area contributed by atoms with Crippen LogP contribution in [0.5, 0.6) is 0 Å². The second-order valence-corrected chi connectivity index (χ2v) is 10.0. The van der Waals surface area contributed by atoms with Gasteiger partial charge in [-0.2, -0.15) is 0 Å². The highest BCUT2D eigenvalue weighted by atomic mass is 14.3. The summed E-state index contributed by atoms with van der Waals surface area (Å²) >= 11 is 0. The molecule has 0 aliphatic heterocycles. The topological polar surface area (TPSA) is 0 Å². The Morgan fingerprint density at radius 1 is 0.667 bits per heavy atom. The first-order chi connectivity index (χ1) is 11.2. The third-order valence-electron chi connectivity index (χ3n) is 6.37. The van der Waals surface area contributed by atoms with Crippen molar-refractivity contribution in [3.63, 3.8) is 0 Å². The van der Waals surface area contributed by atoms with Gasteiger partial charge in [0.15, 0.2) is 0 Å². The fourth-order valence-corrected chi connectivity index (χ4v) is 4.00. The van der Waals surface area contributed by atoms with Gasteiger partial charge < -0.3 is 0 Å². The van der Waals surface area contributed by atoms with E-state index in [9.17, 15) is 0 Å². The molecule has 0 N–H and O–H groups in total. The Morgan fingerprint density at radius 2 is 1.25 bits per heavy atom. The molecule has 0 heterocycles. The van der Waals surface area contributed by atoms with Gasteiger partial charge in [0.2, 0.25) is 0 Å². The zero-order chi connectivity index (χ0) is 18.6. The fourth-order valence-electron chi connectivity index (χ4n) is 4.00. The van der Waals surface area contributed by atoms with E-state index in [4.69, 9.17) is 0 Å². The molecule has 0 nitrogen and oxygen atoms in total. The van der Waals surface area contributed by atoms with Crippen LogP contribution in [-0.2, 0) is 0 Å². The SMILES string of the molecule is CCCCC(C)CCC(C)(C)C(C)CCCCCC(C)CC(C)C. The Labute approximate surface area is 155 Å². The molecule has 0 bridgehead atoms. The average molecular weight is 339 g/mol. The van der Waals surface area contributed by atoms with Gasteiger partial charge in [-0.05, 0) is 41.9 Å². The predicted molar refractivity (Wildman–Crippen MR) is 113 cm³/mol. The minimum absolute atomic E-state index is 0.519. The van der Waals surface area contributed by atoms with E-state index < -0.39 is 0 Å². The van der Waals surface area contributed by atoms with Crippen molar-refractivity contribution in [2.75, 3.05) is 0 Å². The lowest BCUT2D eigenvalue weighted by Gasteiger charge is -2.33. The molecule has 0 fully saturated rings. The molecule has 3 unspecified atom stereocenters. The van der Waals surface area contributed by atoms with Gasteiger partial charge in [-0.15, -0.1) is 0 Å². The van der Waals surface area contributed by atoms with Crippen molar-refractivity contribution in [3.8, 4) is 0 Å². The van der Waals surface area contributed by atoms with Crippen molar-refractivity contribution in [3.05, 3.63) is 0 Å². The van der Waals surface area contributed by atoms with Gasteiger partial charge in [0, 0.05) is 0 Å². The molecule has 0 aromatic rings. The first kappa shape index (κ1) is 24.0. The number of hydrogen-bond donors (Lipinski definition) is 0. The molecular formula is C24H50. The van der Waals surface area contributed by atoms with Crippen LogP contribution in [0.2, 0.25) is 0 Å². The van der Waals surface area contributed by atoms with E-state index >= 15 is 0 Å². The lowest BCUT2D eigenvalue weighted by atomic mass is 9.73. The largest absolute Gasteiger partial charge is 0.0654 e. The van der Waals surface area contributed by atoms with Gasteiger partial charge in [0.1, 0.15) is 0 Å². The molecule has 0 aliphatic carbocycles. The standard InChI is InChI=1S/C24H50/c1-9-10-14-21(4)17-18-24(7,8)23(6)16-13-11-12-15-22(5)19-20(2)3/h20-23H,9-19H2,1-8H3. The normalized spacial score (nSPS) is 16.4. The van der Waals surface area contributed by atoms with Crippen LogP contribution in [0.3, 0.4) is 0 Å². The predicted octanol–water partition coefficient (Wildman–Crippen LogP) is 8.89. The van der Waals surface area contributed by atoms with Crippen LogP contribution in [0.1, 0.15) is 126 Å². The van der Waals surface area contributed by atoms with Crippen molar-refractivity contribution in [1.82, 2.24) is 0 Å². The minimum Gasteiger partial charge on any atom is -0.0654 e. The van der Waals surface area contributed by atoms with Gasteiger partial charge in [-0.25, -0.2) is 0 Å². The summed E-state index contributed by atoms with van der Waals surface area (Å²) in [7, 11) is 0. The second-order valence-electron chi connectivity index (χ2n) is 10.0. The molecule has 0 saturated carbocycles. The molecule has 0 radical (unpaired) electrons. The second kappa shape index (κ2) is 13.2. The van der Waals surface area contributed by atoms with Crippen molar-refractivity contribution in [2.45, 2.75) is 126 Å². The van der Waals surface area contributed by atoms with Gasteiger partial charge >= 0.3 is 0 Å². The Bertz CT molecular complexity index is 276. The summed E-state index contributed by atoms with van der Waals surface area (Å²) in [4.78, 5) is 0. The summed E-state index contributed by atoms with van der Waals surface area (Å²) in [5, 5.41) is 0. The maximum Gasteiger partial charge on any atom is -0.0328 e. The van der Waals surface area contributed by atoms with Crippen molar-refractivity contribution in [1.29, 1.82) is 0 Å². The highest BCUT2D eigenvalue weighted by Gasteiger charge is 2.25. The number of rotatable bonds is 15. The van der Waals surface area contributed by atoms with Gasteiger partial charge in [0.25, 0.3) is 0 Å². The highest BCUT2D eigenvalue weighted by Crippen LogP contribution is 2.37. The third kappa shape index (κ3) is 12.4. The Kier molecular flexibility index (Phi) is 13.2. The van der Waals surface area contributed by atoms with E-state index in [1.54, 1.807) is 0 Å². The third-order valence-corrected chi connectivity index (χ3v) is 6.37. The van der Waals surface area contributed by atoms with Crippen molar-refractivity contribution >= 4 is 0 Å². The quantitative estimate of drug-likeness (QED) is 0.261. The summed E-state index contributed by atoms with van der Waals surface area (Å²) in [5.74, 6) is 3.56. The van der Waals surface area contributed by atoms with Gasteiger partial charge in [-0.3, -0.25) is 0 Å². The summed E-state index contributed by atoms with van der Waals surface area (Å²) in [6.07, 6.45) is 15.6. The monoisotopic (exact) mass is 338 g/mol. The molecule has 0 spiro atoms. The Hall–Kier alpha value is 0. The number of unbranched alkanes of at least 4 members (excludes halogenated alkanes) is 3. The fraction of sp³-hybridized carbons (Fsp3) is 1.00. The Balaban J connectivity index is 3.85. The number of hydrogen-bond acceptors (Lipinski definition) is 0. The maximum atomic E-state index is 2.51. The lowest BCUT2D eigenvalue weighted by molar-refractivity contribution is 0.179. The summed E-state index contributed by atoms with van der Waals surface area (Å²) in [6, 6.07) is 0. The van der Waals surface area contributed by atoms with E-state index in [0.717, 1.165) is 23.7 Å². The first-order valence-corrected chi connectivity index (χ1v) is 11.2. The van der Waals surface area contributed by atoms with Crippen LogP contribution < -0.4 is 0 Å². The van der Waals surface area contributed by atoms with Gasteiger partial charge in [-0.1, -0.05) is 113 Å². The highest BCUT2D eigenvalue weighted by molar-refractivity contribution is 4.76. The maximum absolute atomic E-state index is 2.51. The van der Waals surface area contributed by atoms with Crippen LogP contribution in [-0.4, -0.2) is 0 Å². The van der Waals surface area contributed by atoms with Crippen molar-refractivity contribution < 1.29 is 0 Å². The average Bonchev–Trinajstić information content (AvgIpc) is 2.49. The van der Waals surface area contributed by atoms with Crippen LogP contribution in [0.15, 0.2) is 0 Å². The van der Waals surface area contributed by atoms with Gasteiger partial charge in [0.05, 0.1) is 0 Å². The smallest absolute Gasteiger partial charge is 0.0328 e. The molecule has 0 rings (SSSR count). The van der Waals surface area contributed by atoms with E-state index in [0.29, 0.717) is 5.41 Å². The van der Waals surface area contributed by atoms with Crippen LogP contribution >= 0.6 is 0 Å². The van der Waals surface area contributed by atoms with Crippen LogP contribution in [0.4, 0.5) is 0 Å². The lowest BCUT2D eigenvalue weighted by Crippen LogP contribution is -2.22. The molecular weight excluding hydrogens is 288 g/mol. The minimum atomic E-state index is 0.519. The van der Waals surface area contributed by atoms with E-state index in [-0.39, 0.29) is 0 Å². The summed E-state index contributed by atoms with van der Waals surface area (Å²) < 4.78 is 0. The molecule has 0 aromatic heterocycles. The molecule has 0 aromatic carbocycles. The van der Waals surface area contributed by atoms with Crippen LogP contribution in [0, 0.1) is 29.1 Å². The molecule has 0 aliphatic rings. The zero-order valence-corrected chi connectivity index (χ0v) is 18.6. The van der Waals surface area contributed by atoms with E-state index in [2.05, 4.69) is 55.4 Å². The Morgan fingerprint density at radius 3 is 1.83 bits per heavy atom. The zero-order valence-electron chi connectivity index (χ0n) is 18.6. The summed E-state index contributed by atoms with van der Waals surface area (Å²) in [5.41, 5.74) is 0.519. The summed E-state index contributed by atoms with van der Waals surface area (Å²) in [6.45, 7) is 19.4.